The third kappa shape index (κ3) is 13.2. The van der Waals surface area contributed by atoms with Gasteiger partial charge in [-0.2, -0.15) is 0 Å². The van der Waals surface area contributed by atoms with Crippen LogP contribution >= 0.6 is 0 Å². The highest BCUT2D eigenvalue weighted by molar-refractivity contribution is 5.10. The fourth-order valence-electron chi connectivity index (χ4n) is 3.87. The van der Waals surface area contributed by atoms with Gasteiger partial charge in [-0.1, -0.05) is 46.6 Å². The number of allylic oxidation sites excluding steroid dienone is 10. The van der Waals surface area contributed by atoms with Crippen molar-refractivity contribution in [2.24, 2.45) is 0 Å². The lowest BCUT2D eigenvalue weighted by Gasteiger charge is -2.05. The van der Waals surface area contributed by atoms with Crippen LogP contribution in [0.5, 0.6) is 0 Å². The first-order chi connectivity index (χ1) is 15.0. The maximum absolute atomic E-state index is 14.5. The summed E-state index contributed by atoms with van der Waals surface area (Å²) in [7, 11) is 0. The Morgan fingerprint density at radius 3 is 1.62 bits per heavy atom. The van der Waals surface area contributed by atoms with Gasteiger partial charge >= 0.3 is 0 Å². The van der Waals surface area contributed by atoms with Crippen LogP contribution < -0.4 is 0 Å². The molecule has 0 aliphatic carbocycles. The summed E-state index contributed by atoms with van der Waals surface area (Å²) in [6.45, 7) is 17.1. The van der Waals surface area contributed by atoms with Crippen LogP contribution in [0.1, 0.15) is 120 Å². The topological polar surface area (TPSA) is 12.5 Å². The fourth-order valence-corrected chi connectivity index (χ4v) is 3.87. The van der Waals surface area contributed by atoms with E-state index in [1.807, 2.05) is 6.92 Å². The molecule has 0 aromatic heterocycles. The van der Waals surface area contributed by atoms with Crippen molar-refractivity contribution in [3.05, 3.63) is 58.0 Å². The van der Waals surface area contributed by atoms with Gasteiger partial charge in [-0.3, -0.25) is 0 Å². The summed E-state index contributed by atoms with van der Waals surface area (Å²) < 4.78 is 20.1. The molecule has 0 spiro atoms. The van der Waals surface area contributed by atoms with E-state index in [4.69, 9.17) is 4.74 Å². The normalized spacial score (nSPS) is 19.7. The Kier molecular flexibility index (Phi) is 13.1. The maximum atomic E-state index is 14.5. The number of ether oxygens (including phenoxy) is 1. The molecule has 1 aliphatic rings. The van der Waals surface area contributed by atoms with Crippen molar-refractivity contribution in [3.8, 4) is 0 Å². The third-order valence-electron chi connectivity index (χ3n) is 6.42. The Balaban J connectivity index is 2.25. The Labute approximate surface area is 198 Å². The summed E-state index contributed by atoms with van der Waals surface area (Å²) in [6, 6.07) is 0. The Bertz CT molecular complexity index is 726. The Morgan fingerprint density at radius 1 is 0.688 bits per heavy atom. The van der Waals surface area contributed by atoms with Gasteiger partial charge in [0.05, 0.1) is 17.5 Å². The van der Waals surface area contributed by atoms with E-state index in [-0.39, 0.29) is 11.4 Å². The highest BCUT2D eigenvalue weighted by Gasteiger charge is 2.46. The van der Waals surface area contributed by atoms with E-state index in [2.05, 4.69) is 72.8 Å². The first-order valence-corrected chi connectivity index (χ1v) is 12.6. The summed E-state index contributed by atoms with van der Waals surface area (Å²) in [5.74, 6) is 0.0724. The van der Waals surface area contributed by atoms with E-state index in [9.17, 15) is 4.39 Å². The van der Waals surface area contributed by atoms with Crippen molar-refractivity contribution in [1.29, 1.82) is 0 Å². The van der Waals surface area contributed by atoms with Crippen LogP contribution in [0.2, 0.25) is 0 Å². The zero-order valence-corrected chi connectivity index (χ0v) is 22.2. The summed E-state index contributed by atoms with van der Waals surface area (Å²) in [5.41, 5.74) is 6.60. The third-order valence-corrected chi connectivity index (χ3v) is 6.42. The summed E-state index contributed by atoms with van der Waals surface area (Å²) in [4.78, 5) is 0. The predicted octanol–water partition coefficient (Wildman–Crippen LogP) is 10.1. The molecule has 0 aromatic rings. The zero-order chi connectivity index (χ0) is 24.1. The average molecular weight is 445 g/mol. The smallest absolute Gasteiger partial charge is 0.0991 e. The molecule has 1 saturated heterocycles. The molecular weight excluding hydrogens is 395 g/mol. The van der Waals surface area contributed by atoms with Crippen LogP contribution in [-0.4, -0.2) is 11.7 Å². The number of rotatable bonds is 15. The Morgan fingerprint density at radius 2 is 1.12 bits per heavy atom. The van der Waals surface area contributed by atoms with Crippen molar-refractivity contribution in [3.63, 3.8) is 0 Å². The molecule has 0 N–H and O–H groups in total. The minimum absolute atomic E-state index is 0.0724. The van der Waals surface area contributed by atoms with Crippen LogP contribution in [0, 0.1) is 0 Å². The first kappa shape index (κ1) is 28.6. The largest absolute Gasteiger partial charge is 0.367 e. The quantitative estimate of drug-likeness (QED) is 0.181. The molecular formula is C30H49FO. The molecule has 1 nitrogen and oxygen atoms in total. The van der Waals surface area contributed by atoms with Crippen molar-refractivity contribution in [1.82, 2.24) is 0 Å². The standard InChI is InChI=1S/C30H49FO/c1-23(2)13-9-14-24(3)15-10-16-25(4)18-12-20-28(31)27(6)19-11-17-26(5)21-22-29-30(7,8)32-29/h13,15,17-18,29H,9-12,14,16,19-22H2,1-8H3/b24-15+,25-18+,26-17+,28-27-/t29-/m0/s1. The second-order valence-corrected chi connectivity index (χ2v) is 10.5. The average Bonchev–Trinajstić information content (AvgIpc) is 3.32. The van der Waals surface area contributed by atoms with E-state index >= 15 is 0 Å². The predicted molar refractivity (Wildman–Crippen MR) is 140 cm³/mol. The highest BCUT2D eigenvalue weighted by Crippen LogP contribution is 2.39. The fraction of sp³-hybridized carbons (Fsp3) is 0.667. The molecule has 2 heteroatoms. The van der Waals surface area contributed by atoms with Crippen LogP contribution in [0.3, 0.4) is 0 Å². The second-order valence-electron chi connectivity index (χ2n) is 10.5. The lowest BCUT2D eigenvalue weighted by Crippen LogP contribution is -2.02. The molecule has 1 atom stereocenters. The van der Waals surface area contributed by atoms with Crippen molar-refractivity contribution in [2.75, 3.05) is 0 Å². The molecule has 0 radical (unpaired) electrons. The monoisotopic (exact) mass is 444 g/mol. The molecule has 32 heavy (non-hydrogen) atoms. The van der Waals surface area contributed by atoms with E-state index < -0.39 is 0 Å². The number of epoxide rings is 1. The maximum Gasteiger partial charge on any atom is 0.0991 e. The minimum atomic E-state index is 0.0724. The van der Waals surface area contributed by atoms with Crippen molar-refractivity contribution >= 4 is 0 Å². The van der Waals surface area contributed by atoms with Gasteiger partial charge in [-0.25, -0.2) is 4.39 Å². The number of hydrogen-bond acceptors (Lipinski definition) is 1. The number of hydrogen-bond donors (Lipinski definition) is 0. The van der Waals surface area contributed by atoms with Gasteiger partial charge in [-0.05, 0) is 119 Å². The molecule has 0 bridgehead atoms. The molecule has 0 amide bonds. The molecule has 0 aromatic carbocycles. The molecule has 182 valence electrons. The lowest BCUT2D eigenvalue weighted by molar-refractivity contribution is 0.320. The van der Waals surface area contributed by atoms with Crippen LogP contribution in [0.25, 0.3) is 0 Å². The summed E-state index contributed by atoms with van der Waals surface area (Å²) in [6.07, 6.45) is 19.2. The highest BCUT2D eigenvalue weighted by atomic mass is 19.1. The van der Waals surface area contributed by atoms with Crippen LogP contribution in [0.4, 0.5) is 4.39 Å². The molecule has 1 fully saturated rings. The van der Waals surface area contributed by atoms with Crippen LogP contribution in [0.15, 0.2) is 58.0 Å². The van der Waals surface area contributed by atoms with E-state index in [1.165, 1.54) is 22.3 Å². The van der Waals surface area contributed by atoms with Gasteiger partial charge in [0.25, 0.3) is 0 Å². The van der Waals surface area contributed by atoms with Gasteiger partial charge in [0, 0.05) is 6.42 Å². The molecule has 1 heterocycles. The molecule has 0 saturated carbocycles. The van der Waals surface area contributed by atoms with E-state index in [0.29, 0.717) is 12.5 Å². The van der Waals surface area contributed by atoms with Gasteiger partial charge in [0.2, 0.25) is 0 Å². The second kappa shape index (κ2) is 14.7. The number of halogens is 1. The summed E-state index contributed by atoms with van der Waals surface area (Å²) >= 11 is 0. The molecule has 1 aliphatic heterocycles. The lowest BCUT2D eigenvalue weighted by atomic mass is 10.0. The Hall–Kier alpha value is -1.41. The van der Waals surface area contributed by atoms with E-state index in [1.54, 1.807) is 0 Å². The van der Waals surface area contributed by atoms with Crippen molar-refractivity contribution < 1.29 is 9.13 Å². The SMILES string of the molecule is CC(C)=CCC/C(C)=C/CC/C(C)=C/CC/C(F)=C(\C)CC/C=C(\C)CC[C@@H]1OC1(C)C. The van der Waals surface area contributed by atoms with E-state index in [0.717, 1.165) is 63.4 Å². The van der Waals surface area contributed by atoms with Gasteiger partial charge in [0.1, 0.15) is 0 Å². The minimum Gasteiger partial charge on any atom is -0.367 e. The zero-order valence-electron chi connectivity index (χ0n) is 22.2. The van der Waals surface area contributed by atoms with Gasteiger partial charge in [0.15, 0.2) is 0 Å². The summed E-state index contributed by atoms with van der Waals surface area (Å²) in [5, 5.41) is 0. The molecule has 0 unspecified atom stereocenters. The van der Waals surface area contributed by atoms with Gasteiger partial charge in [-0.15, -0.1) is 0 Å². The first-order valence-electron chi connectivity index (χ1n) is 12.6. The van der Waals surface area contributed by atoms with Gasteiger partial charge < -0.3 is 4.74 Å². The molecule has 1 rings (SSSR count). The van der Waals surface area contributed by atoms with Crippen LogP contribution in [-0.2, 0) is 4.74 Å². The van der Waals surface area contributed by atoms with Crippen molar-refractivity contribution in [2.45, 2.75) is 131 Å².